The Balaban J connectivity index is 2.59. The van der Waals surface area contributed by atoms with Gasteiger partial charge in [-0.25, -0.2) is 9.37 Å². The van der Waals surface area contributed by atoms with Crippen LogP contribution in [0.3, 0.4) is 0 Å². The van der Waals surface area contributed by atoms with Gasteiger partial charge in [-0.15, -0.1) is 0 Å². The van der Waals surface area contributed by atoms with Crippen molar-refractivity contribution < 1.29 is 8.81 Å². The first-order valence-corrected chi connectivity index (χ1v) is 6.08. The molecule has 0 fully saturated rings. The molecule has 0 atom stereocenters. The van der Waals surface area contributed by atoms with Crippen molar-refractivity contribution in [2.24, 2.45) is 0 Å². The summed E-state index contributed by atoms with van der Waals surface area (Å²) >= 11 is 6.48. The number of benzene rings is 1. The van der Waals surface area contributed by atoms with E-state index in [2.05, 4.69) is 36.8 Å². The third-order valence-electron chi connectivity index (χ3n) is 1.96. The quantitative estimate of drug-likeness (QED) is 0.771. The Morgan fingerprint density at radius 2 is 2.20 bits per heavy atom. The van der Waals surface area contributed by atoms with Crippen molar-refractivity contribution in [2.75, 3.05) is 0 Å². The number of alkyl halides is 1. The fraction of sp³-hybridized carbons (Fsp3) is 0.100. The predicted octanol–water partition coefficient (Wildman–Crippen LogP) is 4.14. The van der Waals surface area contributed by atoms with Gasteiger partial charge in [0.2, 0.25) is 0 Å². The molecule has 5 heteroatoms. The number of rotatable bonds is 2. The SMILES string of the molecule is Fc1cccc(-c2ocnc2CBr)c1Br. The number of hydrogen-bond acceptors (Lipinski definition) is 2. The van der Waals surface area contributed by atoms with Crippen molar-refractivity contribution in [3.8, 4) is 11.3 Å². The summed E-state index contributed by atoms with van der Waals surface area (Å²) in [7, 11) is 0. The van der Waals surface area contributed by atoms with Crippen LogP contribution in [-0.4, -0.2) is 4.98 Å². The second kappa shape index (κ2) is 4.45. The van der Waals surface area contributed by atoms with E-state index >= 15 is 0 Å². The minimum Gasteiger partial charge on any atom is -0.443 e. The van der Waals surface area contributed by atoms with E-state index in [1.807, 2.05) is 0 Å². The van der Waals surface area contributed by atoms with E-state index in [0.717, 1.165) is 5.69 Å². The summed E-state index contributed by atoms with van der Waals surface area (Å²) in [6.45, 7) is 0. The van der Waals surface area contributed by atoms with Gasteiger partial charge in [-0.2, -0.15) is 0 Å². The van der Waals surface area contributed by atoms with E-state index < -0.39 is 0 Å². The third kappa shape index (κ3) is 1.99. The molecule has 78 valence electrons. The summed E-state index contributed by atoms with van der Waals surface area (Å²) in [6, 6.07) is 4.80. The first kappa shape index (κ1) is 10.8. The molecule has 0 aliphatic heterocycles. The van der Waals surface area contributed by atoms with Gasteiger partial charge in [-0.1, -0.05) is 22.0 Å². The smallest absolute Gasteiger partial charge is 0.181 e. The van der Waals surface area contributed by atoms with Crippen LogP contribution in [0.2, 0.25) is 0 Å². The molecule has 15 heavy (non-hydrogen) atoms. The molecular formula is C10H6Br2FNO. The normalized spacial score (nSPS) is 10.6. The summed E-state index contributed by atoms with van der Waals surface area (Å²) < 4.78 is 18.9. The molecule has 0 unspecified atom stereocenters. The van der Waals surface area contributed by atoms with E-state index in [9.17, 15) is 4.39 Å². The van der Waals surface area contributed by atoms with Crippen LogP contribution in [0.4, 0.5) is 4.39 Å². The molecule has 0 radical (unpaired) electrons. The Morgan fingerprint density at radius 3 is 2.93 bits per heavy atom. The first-order chi connectivity index (χ1) is 7.24. The van der Waals surface area contributed by atoms with E-state index in [-0.39, 0.29) is 5.82 Å². The molecule has 2 nitrogen and oxygen atoms in total. The number of aromatic nitrogens is 1. The van der Waals surface area contributed by atoms with Gasteiger partial charge in [0.1, 0.15) is 5.82 Å². The fourth-order valence-electron chi connectivity index (χ4n) is 1.26. The highest BCUT2D eigenvalue weighted by Crippen LogP contribution is 2.32. The highest BCUT2D eigenvalue weighted by Gasteiger charge is 2.14. The molecular weight excluding hydrogens is 329 g/mol. The van der Waals surface area contributed by atoms with Crippen LogP contribution >= 0.6 is 31.9 Å². The highest BCUT2D eigenvalue weighted by atomic mass is 79.9. The molecule has 0 aliphatic rings. The van der Waals surface area contributed by atoms with Gasteiger partial charge in [0.25, 0.3) is 0 Å². The Kier molecular flexibility index (Phi) is 3.21. The highest BCUT2D eigenvalue weighted by molar-refractivity contribution is 9.10. The van der Waals surface area contributed by atoms with Crippen LogP contribution in [0.5, 0.6) is 0 Å². The number of hydrogen-bond donors (Lipinski definition) is 0. The molecule has 1 heterocycles. The van der Waals surface area contributed by atoms with Gasteiger partial charge in [-0.05, 0) is 28.1 Å². The maximum absolute atomic E-state index is 13.3. The Labute approximate surface area is 103 Å². The maximum Gasteiger partial charge on any atom is 0.181 e. The summed E-state index contributed by atoms with van der Waals surface area (Å²) in [4.78, 5) is 4.03. The molecule has 0 spiro atoms. The van der Waals surface area contributed by atoms with E-state index in [4.69, 9.17) is 4.42 Å². The molecule has 1 aromatic heterocycles. The third-order valence-corrected chi connectivity index (χ3v) is 3.30. The van der Waals surface area contributed by atoms with Gasteiger partial charge in [0, 0.05) is 10.9 Å². The van der Waals surface area contributed by atoms with Crippen LogP contribution < -0.4 is 0 Å². The van der Waals surface area contributed by atoms with Crippen molar-refractivity contribution in [1.82, 2.24) is 4.98 Å². The van der Waals surface area contributed by atoms with Crippen molar-refractivity contribution in [2.45, 2.75) is 5.33 Å². The van der Waals surface area contributed by atoms with E-state index in [1.54, 1.807) is 12.1 Å². The molecule has 2 aromatic rings. The predicted molar refractivity (Wildman–Crippen MR) is 62.2 cm³/mol. The number of halogens is 3. The lowest BCUT2D eigenvalue weighted by Crippen LogP contribution is -1.86. The lowest BCUT2D eigenvalue weighted by Gasteiger charge is -2.02. The Morgan fingerprint density at radius 1 is 1.40 bits per heavy atom. The molecule has 0 N–H and O–H groups in total. The van der Waals surface area contributed by atoms with E-state index in [0.29, 0.717) is 21.1 Å². The van der Waals surface area contributed by atoms with Crippen LogP contribution in [0.25, 0.3) is 11.3 Å². The minimum atomic E-state index is -0.315. The minimum absolute atomic E-state index is 0.315. The zero-order valence-electron chi connectivity index (χ0n) is 7.51. The standard InChI is InChI=1S/C10H6Br2FNO/c11-4-8-10(15-5-14-8)6-2-1-3-7(13)9(6)12/h1-3,5H,4H2. The van der Waals surface area contributed by atoms with Crippen molar-refractivity contribution >= 4 is 31.9 Å². The summed E-state index contributed by atoms with van der Waals surface area (Å²) in [5, 5.41) is 0.571. The number of nitrogens with zero attached hydrogens (tertiary/aromatic N) is 1. The monoisotopic (exact) mass is 333 g/mol. The lowest BCUT2D eigenvalue weighted by molar-refractivity contribution is 0.568. The largest absolute Gasteiger partial charge is 0.443 e. The van der Waals surface area contributed by atoms with Crippen molar-refractivity contribution in [3.05, 3.63) is 40.6 Å². The number of oxazole rings is 1. The maximum atomic E-state index is 13.3. The van der Waals surface area contributed by atoms with Gasteiger partial charge < -0.3 is 4.42 Å². The molecule has 0 amide bonds. The Hall–Kier alpha value is -0.680. The molecule has 0 bridgehead atoms. The van der Waals surface area contributed by atoms with Crippen LogP contribution in [0, 0.1) is 5.82 Å². The fourth-order valence-corrected chi connectivity index (χ4v) is 2.11. The first-order valence-electron chi connectivity index (χ1n) is 4.16. The zero-order valence-corrected chi connectivity index (χ0v) is 10.7. The molecule has 0 saturated heterocycles. The van der Waals surface area contributed by atoms with Crippen LogP contribution in [-0.2, 0) is 5.33 Å². The van der Waals surface area contributed by atoms with Crippen LogP contribution in [0.1, 0.15) is 5.69 Å². The molecule has 2 rings (SSSR count). The average Bonchev–Trinajstić information content (AvgIpc) is 2.70. The molecule has 0 aliphatic carbocycles. The summed E-state index contributed by atoms with van der Waals surface area (Å²) in [6.07, 6.45) is 1.35. The second-order valence-electron chi connectivity index (χ2n) is 2.86. The Bertz CT molecular complexity index is 484. The molecule has 1 aromatic carbocycles. The second-order valence-corrected chi connectivity index (χ2v) is 4.22. The van der Waals surface area contributed by atoms with Crippen molar-refractivity contribution in [1.29, 1.82) is 0 Å². The summed E-state index contributed by atoms with van der Waals surface area (Å²) in [5.41, 5.74) is 1.42. The average molecular weight is 335 g/mol. The summed E-state index contributed by atoms with van der Waals surface area (Å²) in [5.74, 6) is 0.266. The molecule has 0 saturated carbocycles. The van der Waals surface area contributed by atoms with Gasteiger partial charge in [-0.3, -0.25) is 0 Å². The van der Waals surface area contributed by atoms with Gasteiger partial charge in [0.15, 0.2) is 12.2 Å². The van der Waals surface area contributed by atoms with Crippen molar-refractivity contribution in [3.63, 3.8) is 0 Å². The van der Waals surface area contributed by atoms with Gasteiger partial charge in [0.05, 0.1) is 10.2 Å². The van der Waals surface area contributed by atoms with Crippen LogP contribution in [0.15, 0.2) is 33.5 Å². The zero-order chi connectivity index (χ0) is 10.8. The van der Waals surface area contributed by atoms with Gasteiger partial charge >= 0.3 is 0 Å². The van der Waals surface area contributed by atoms with E-state index in [1.165, 1.54) is 12.5 Å². The lowest BCUT2D eigenvalue weighted by atomic mass is 10.1. The topological polar surface area (TPSA) is 26.0 Å².